The van der Waals surface area contributed by atoms with Crippen LogP contribution in [0.2, 0.25) is 0 Å². The maximum absolute atomic E-state index is 8.11. The standard InChI is InChI=1S/2C3H8O2.C2H6O2/c1-3(5)2-4;4-2-1-3-5;3-1-2-4/h3-5H,2H2,1H3;4-5H,1-3H2;3-4H,1-2H2. The van der Waals surface area contributed by atoms with E-state index in [2.05, 4.69) is 0 Å². The Labute approximate surface area is 84.1 Å². The van der Waals surface area contributed by atoms with Gasteiger partial charge >= 0.3 is 0 Å². The summed E-state index contributed by atoms with van der Waals surface area (Å²) < 4.78 is 0. The molecule has 0 aromatic carbocycles. The van der Waals surface area contributed by atoms with Gasteiger partial charge in [0.05, 0.1) is 25.9 Å². The first-order valence-electron chi connectivity index (χ1n) is 4.32. The van der Waals surface area contributed by atoms with Gasteiger partial charge in [-0.3, -0.25) is 0 Å². The van der Waals surface area contributed by atoms with E-state index < -0.39 is 6.10 Å². The van der Waals surface area contributed by atoms with Crippen molar-refractivity contribution < 1.29 is 30.6 Å². The van der Waals surface area contributed by atoms with Crippen LogP contribution in [-0.4, -0.2) is 69.8 Å². The number of rotatable bonds is 4. The summed E-state index contributed by atoms with van der Waals surface area (Å²) in [5, 5.41) is 47.1. The summed E-state index contributed by atoms with van der Waals surface area (Å²) in [5.41, 5.74) is 0. The number of hydrogen-bond acceptors (Lipinski definition) is 6. The summed E-state index contributed by atoms with van der Waals surface area (Å²) in [7, 11) is 0. The molecule has 0 aromatic rings. The third-order valence-corrected chi connectivity index (χ3v) is 0.680. The maximum atomic E-state index is 8.11. The highest BCUT2D eigenvalue weighted by Crippen LogP contribution is 1.68. The second kappa shape index (κ2) is 23.0. The van der Waals surface area contributed by atoms with Crippen molar-refractivity contribution in [1.29, 1.82) is 0 Å². The molecule has 0 radical (unpaired) electrons. The first-order valence-corrected chi connectivity index (χ1v) is 4.32. The molecule has 1 atom stereocenters. The van der Waals surface area contributed by atoms with Gasteiger partial charge in [0.15, 0.2) is 0 Å². The van der Waals surface area contributed by atoms with Crippen LogP contribution >= 0.6 is 0 Å². The lowest BCUT2D eigenvalue weighted by atomic mass is 10.5. The maximum Gasteiger partial charge on any atom is 0.0742 e. The molecular formula is C8H22O6. The Hall–Kier alpha value is -0.240. The van der Waals surface area contributed by atoms with Gasteiger partial charge in [0, 0.05) is 13.2 Å². The Morgan fingerprint density at radius 3 is 1.07 bits per heavy atom. The third-order valence-electron chi connectivity index (χ3n) is 0.680. The van der Waals surface area contributed by atoms with Crippen molar-refractivity contribution in [2.24, 2.45) is 0 Å². The SMILES string of the molecule is CC(O)CO.OCCCO.OCCO. The largest absolute Gasteiger partial charge is 0.396 e. The molecule has 1 unspecified atom stereocenters. The van der Waals surface area contributed by atoms with E-state index in [1.165, 1.54) is 6.92 Å². The molecule has 6 nitrogen and oxygen atoms in total. The van der Waals surface area contributed by atoms with E-state index in [1.807, 2.05) is 0 Å². The van der Waals surface area contributed by atoms with Crippen molar-refractivity contribution in [1.82, 2.24) is 0 Å². The molecule has 14 heavy (non-hydrogen) atoms. The minimum absolute atomic E-state index is 0.0938. The molecule has 0 aliphatic heterocycles. The van der Waals surface area contributed by atoms with Gasteiger partial charge in [0.25, 0.3) is 0 Å². The van der Waals surface area contributed by atoms with Crippen LogP contribution in [-0.2, 0) is 0 Å². The summed E-state index contributed by atoms with van der Waals surface area (Å²) in [5.74, 6) is 0. The van der Waals surface area contributed by atoms with Crippen LogP contribution in [0.15, 0.2) is 0 Å². The monoisotopic (exact) mass is 214 g/mol. The van der Waals surface area contributed by atoms with Crippen molar-refractivity contribution in [3.8, 4) is 0 Å². The topological polar surface area (TPSA) is 121 Å². The Morgan fingerprint density at radius 2 is 1.07 bits per heavy atom. The Morgan fingerprint density at radius 1 is 0.786 bits per heavy atom. The van der Waals surface area contributed by atoms with Crippen LogP contribution in [0.25, 0.3) is 0 Å². The molecule has 0 amide bonds. The quantitative estimate of drug-likeness (QED) is 0.313. The Balaban J connectivity index is -0.000000131. The fourth-order valence-corrected chi connectivity index (χ4v) is 0.0707. The molecule has 0 aromatic heterocycles. The van der Waals surface area contributed by atoms with Gasteiger partial charge in [-0.15, -0.1) is 0 Å². The Bertz CT molecular complexity index is 64.9. The van der Waals surface area contributed by atoms with E-state index in [9.17, 15) is 0 Å². The second-order valence-electron chi connectivity index (χ2n) is 2.28. The lowest BCUT2D eigenvalue weighted by Crippen LogP contribution is -2.03. The zero-order valence-corrected chi connectivity index (χ0v) is 8.50. The highest BCUT2D eigenvalue weighted by Gasteiger charge is 1.83. The van der Waals surface area contributed by atoms with Gasteiger partial charge in [-0.05, 0) is 13.3 Å². The van der Waals surface area contributed by atoms with Crippen LogP contribution in [0.3, 0.4) is 0 Å². The average Bonchev–Trinajstić information content (AvgIpc) is 2.20. The molecule has 0 saturated heterocycles. The molecular weight excluding hydrogens is 192 g/mol. The van der Waals surface area contributed by atoms with Gasteiger partial charge < -0.3 is 30.6 Å². The van der Waals surface area contributed by atoms with Gasteiger partial charge in [0.2, 0.25) is 0 Å². The summed E-state index contributed by atoms with van der Waals surface area (Å²) in [4.78, 5) is 0. The summed E-state index contributed by atoms with van der Waals surface area (Å²) in [6, 6.07) is 0. The van der Waals surface area contributed by atoms with Crippen LogP contribution in [0.1, 0.15) is 13.3 Å². The summed E-state index contributed by atoms with van der Waals surface area (Å²) >= 11 is 0. The minimum Gasteiger partial charge on any atom is -0.396 e. The van der Waals surface area contributed by atoms with E-state index in [-0.39, 0.29) is 33.0 Å². The zero-order chi connectivity index (χ0) is 11.8. The van der Waals surface area contributed by atoms with E-state index in [0.717, 1.165) is 0 Å². The predicted molar refractivity (Wildman–Crippen MR) is 51.7 cm³/mol. The summed E-state index contributed by atoms with van der Waals surface area (Å²) in [6.07, 6.45) is -0.0602. The molecule has 0 spiro atoms. The number of hydrogen-bond donors (Lipinski definition) is 6. The third kappa shape index (κ3) is 60.1. The smallest absolute Gasteiger partial charge is 0.0742 e. The lowest BCUT2D eigenvalue weighted by molar-refractivity contribution is 0.110. The molecule has 6 heteroatoms. The van der Waals surface area contributed by atoms with Gasteiger partial charge in [0.1, 0.15) is 0 Å². The fraction of sp³-hybridized carbons (Fsp3) is 1.00. The normalized spacial score (nSPS) is 10.5. The molecule has 0 aliphatic carbocycles. The molecule has 90 valence electrons. The molecule has 6 N–H and O–H groups in total. The van der Waals surface area contributed by atoms with Crippen LogP contribution in [0.4, 0.5) is 0 Å². The second-order valence-corrected chi connectivity index (χ2v) is 2.28. The molecule has 0 rings (SSSR count). The van der Waals surface area contributed by atoms with Gasteiger partial charge in [-0.2, -0.15) is 0 Å². The molecule has 0 heterocycles. The van der Waals surface area contributed by atoms with E-state index in [1.54, 1.807) is 0 Å². The summed E-state index contributed by atoms with van der Waals surface area (Å²) in [6.45, 7) is 1.33. The molecule has 0 bridgehead atoms. The van der Waals surface area contributed by atoms with E-state index in [4.69, 9.17) is 30.6 Å². The van der Waals surface area contributed by atoms with Crippen LogP contribution < -0.4 is 0 Å². The van der Waals surface area contributed by atoms with Crippen LogP contribution in [0.5, 0.6) is 0 Å². The van der Waals surface area contributed by atoms with E-state index in [0.29, 0.717) is 6.42 Å². The van der Waals surface area contributed by atoms with Crippen molar-refractivity contribution in [2.75, 3.05) is 33.0 Å². The van der Waals surface area contributed by atoms with Crippen molar-refractivity contribution in [3.05, 3.63) is 0 Å². The first kappa shape index (κ1) is 19.4. The zero-order valence-electron chi connectivity index (χ0n) is 8.50. The van der Waals surface area contributed by atoms with Crippen molar-refractivity contribution in [2.45, 2.75) is 19.4 Å². The predicted octanol–water partition coefficient (Wildman–Crippen LogP) is -2.31. The van der Waals surface area contributed by atoms with Gasteiger partial charge in [-0.1, -0.05) is 0 Å². The Kier molecular flexibility index (Phi) is 31.8. The van der Waals surface area contributed by atoms with Crippen LogP contribution in [0, 0.1) is 0 Å². The highest BCUT2D eigenvalue weighted by atomic mass is 16.3. The lowest BCUT2D eigenvalue weighted by Gasteiger charge is -1.90. The first-order chi connectivity index (χ1) is 6.60. The average molecular weight is 214 g/mol. The van der Waals surface area contributed by atoms with Crippen molar-refractivity contribution in [3.63, 3.8) is 0 Å². The number of aliphatic hydroxyl groups is 6. The molecule has 0 saturated carbocycles. The minimum atomic E-state index is -0.560. The molecule has 0 fully saturated rings. The number of aliphatic hydroxyl groups excluding tert-OH is 6. The van der Waals surface area contributed by atoms with E-state index >= 15 is 0 Å². The molecule has 0 aliphatic rings. The van der Waals surface area contributed by atoms with Crippen molar-refractivity contribution >= 4 is 0 Å². The fourth-order valence-electron chi connectivity index (χ4n) is 0.0707. The van der Waals surface area contributed by atoms with Gasteiger partial charge in [-0.25, -0.2) is 0 Å². The highest BCUT2D eigenvalue weighted by molar-refractivity contribution is 4.34.